The predicted octanol–water partition coefficient (Wildman–Crippen LogP) is 5.16. The van der Waals surface area contributed by atoms with Crippen LogP contribution in [0.1, 0.15) is 43.0 Å². The third-order valence-electron chi connectivity index (χ3n) is 3.51. The lowest BCUT2D eigenvalue weighted by Gasteiger charge is -2.14. The maximum absolute atomic E-state index is 5.94. The summed E-state index contributed by atoms with van der Waals surface area (Å²) < 4.78 is 5.94. The second-order valence-electron chi connectivity index (χ2n) is 5.67. The van der Waals surface area contributed by atoms with Gasteiger partial charge in [-0.1, -0.05) is 25.1 Å². The third kappa shape index (κ3) is 4.61. The third-order valence-corrected chi connectivity index (χ3v) is 3.51. The first-order valence-corrected chi connectivity index (χ1v) is 7.68. The molecule has 2 rings (SSSR count). The minimum atomic E-state index is 0.375. The standard InChI is InChI=1S/C19H25NO/c1-5-10-20-16(4)17-6-8-18(9-7-17)21-19-12-14(2)11-15(3)13-19/h6-9,11-13,16,20H,5,10H2,1-4H3. The van der Waals surface area contributed by atoms with Crippen LogP contribution >= 0.6 is 0 Å². The van der Waals surface area contributed by atoms with E-state index in [4.69, 9.17) is 4.74 Å². The molecule has 1 unspecified atom stereocenters. The van der Waals surface area contributed by atoms with E-state index in [9.17, 15) is 0 Å². The predicted molar refractivity (Wildman–Crippen MR) is 89.1 cm³/mol. The van der Waals surface area contributed by atoms with Gasteiger partial charge < -0.3 is 10.1 Å². The van der Waals surface area contributed by atoms with Gasteiger partial charge in [0.2, 0.25) is 0 Å². The van der Waals surface area contributed by atoms with Gasteiger partial charge in [-0.25, -0.2) is 0 Å². The Hall–Kier alpha value is -1.80. The zero-order valence-corrected chi connectivity index (χ0v) is 13.4. The van der Waals surface area contributed by atoms with Crippen molar-refractivity contribution < 1.29 is 4.74 Å². The Morgan fingerprint density at radius 2 is 1.57 bits per heavy atom. The lowest BCUT2D eigenvalue weighted by molar-refractivity contribution is 0.481. The molecule has 0 amide bonds. The van der Waals surface area contributed by atoms with Crippen molar-refractivity contribution >= 4 is 0 Å². The van der Waals surface area contributed by atoms with Crippen LogP contribution in [0, 0.1) is 13.8 Å². The second-order valence-corrected chi connectivity index (χ2v) is 5.67. The average Bonchev–Trinajstić information content (AvgIpc) is 2.44. The summed E-state index contributed by atoms with van der Waals surface area (Å²) in [7, 11) is 0. The summed E-state index contributed by atoms with van der Waals surface area (Å²) in [4.78, 5) is 0. The van der Waals surface area contributed by atoms with Gasteiger partial charge in [0.25, 0.3) is 0 Å². The van der Waals surface area contributed by atoms with Crippen molar-refractivity contribution in [1.29, 1.82) is 0 Å². The molecule has 2 aromatic carbocycles. The highest BCUT2D eigenvalue weighted by molar-refractivity contribution is 5.38. The molecule has 21 heavy (non-hydrogen) atoms. The quantitative estimate of drug-likeness (QED) is 0.791. The Morgan fingerprint density at radius 3 is 2.14 bits per heavy atom. The summed E-state index contributed by atoms with van der Waals surface area (Å²) in [5, 5.41) is 3.49. The van der Waals surface area contributed by atoms with E-state index in [-0.39, 0.29) is 0 Å². The Labute approximate surface area is 128 Å². The number of hydrogen-bond acceptors (Lipinski definition) is 2. The van der Waals surface area contributed by atoms with Crippen molar-refractivity contribution in [1.82, 2.24) is 5.32 Å². The van der Waals surface area contributed by atoms with E-state index in [1.807, 2.05) is 12.1 Å². The number of hydrogen-bond donors (Lipinski definition) is 1. The van der Waals surface area contributed by atoms with Crippen LogP contribution in [0.2, 0.25) is 0 Å². The van der Waals surface area contributed by atoms with E-state index in [0.717, 1.165) is 24.5 Å². The van der Waals surface area contributed by atoms with Gasteiger partial charge in [-0.15, -0.1) is 0 Å². The fourth-order valence-electron chi connectivity index (χ4n) is 2.43. The van der Waals surface area contributed by atoms with Crippen LogP contribution in [-0.4, -0.2) is 6.54 Å². The molecule has 0 aliphatic carbocycles. The molecule has 0 saturated heterocycles. The SMILES string of the molecule is CCCNC(C)c1ccc(Oc2cc(C)cc(C)c2)cc1. The van der Waals surface area contributed by atoms with Gasteiger partial charge in [0.05, 0.1) is 0 Å². The Morgan fingerprint density at radius 1 is 0.952 bits per heavy atom. The van der Waals surface area contributed by atoms with Crippen molar-refractivity contribution in [2.75, 3.05) is 6.54 Å². The number of aryl methyl sites for hydroxylation is 2. The molecule has 0 saturated carbocycles. The molecule has 0 heterocycles. The molecule has 0 bridgehead atoms. The molecule has 1 atom stereocenters. The summed E-state index contributed by atoms with van der Waals surface area (Å²) in [5.74, 6) is 1.78. The molecule has 2 aromatic rings. The molecule has 112 valence electrons. The smallest absolute Gasteiger partial charge is 0.127 e. The normalized spacial score (nSPS) is 12.2. The lowest BCUT2D eigenvalue weighted by Crippen LogP contribution is -2.19. The van der Waals surface area contributed by atoms with Gasteiger partial charge >= 0.3 is 0 Å². The highest BCUT2D eigenvalue weighted by Gasteiger charge is 2.05. The topological polar surface area (TPSA) is 21.3 Å². The van der Waals surface area contributed by atoms with Crippen molar-refractivity contribution in [3.8, 4) is 11.5 Å². The largest absolute Gasteiger partial charge is 0.457 e. The summed E-state index contributed by atoms with van der Waals surface area (Å²) in [6, 6.07) is 15.0. The Kier molecular flexibility index (Phi) is 5.40. The lowest BCUT2D eigenvalue weighted by atomic mass is 10.1. The van der Waals surface area contributed by atoms with Crippen LogP contribution in [0.25, 0.3) is 0 Å². The van der Waals surface area contributed by atoms with E-state index in [0.29, 0.717) is 6.04 Å². The second kappa shape index (κ2) is 7.28. The van der Waals surface area contributed by atoms with E-state index >= 15 is 0 Å². The summed E-state index contributed by atoms with van der Waals surface area (Å²) in [5.41, 5.74) is 3.73. The summed E-state index contributed by atoms with van der Waals surface area (Å²) >= 11 is 0. The minimum Gasteiger partial charge on any atom is -0.457 e. The molecular weight excluding hydrogens is 258 g/mol. The minimum absolute atomic E-state index is 0.375. The molecule has 1 N–H and O–H groups in total. The monoisotopic (exact) mass is 283 g/mol. The van der Waals surface area contributed by atoms with Crippen molar-refractivity contribution in [2.24, 2.45) is 0 Å². The Balaban J connectivity index is 2.05. The number of benzene rings is 2. The fourth-order valence-corrected chi connectivity index (χ4v) is 2.43. The maximum atomic E-state index is 5.94. The molecule has 0 aliphatic rings. The van der Waals surface area contributed by atoms with Crippen LogP contribution < -0.4 is 10.1 Å². The molecule has 0 spiro atoms. The zero-order valence-electron chi connectivity index (χ0n) is 13.4. The molecule has 2 nitrogen and oxygen atoms in total. The van der Waals surface area contributed by atoms with E-state index < -0.39 is 0 Å². The first kappa shape index (κ1) is 15.6. The molecule has 2 heteroatoms. The first-order chi connectivity index (χ1) is 10.1. The maximum Gasteiger partial charge on any atom is 0.127 e. The molecule has 0 fully saturated rings. The van der Waals surface area contributed by atoms with Crippen LogP contribution in [0.3, 0.4) is 0 Å². The number of rotatable bonds is 6. The number of nitrogens with one attached hydrogen (secondary N) is 1. The highest BCUT2D eigenvalue weighted by atomic mass is 16.5. The average molecular weight is 283 g/mol. The first-order valence-electron chi connectivity index (χ1n) is 7.68. The van der Waals surface area contributed by atoms with Crippen LogP contribution in [0.5, 0.6) is 11.5 Å². The summed E-state index contributed by atoms with van der Waals surface area (Å²) in [6.45, 7) is 9.59. The van der Waals surface area contributed by atoms with Gasteiger partial charge in [0, 0.05) is 6.04 Å². The summed E-state index contributed by atoms with van der Waals surface area (Å²) in [6.07, 6.45) is 1.15. The Bertz CT molecular complexity index is 554. The van der Waals surface area contributed by atoms with Gasteiger partial charge in [-0.2, -0.15) is 0 Å². The van der Waals surface area contributed by atoms with Gasteiger partial charge in [-0.05, 0) is 74.7 Å². The van der Waals surface area contributed by atoms with Crippen LogP contribution in [-0.2, 0) is 0 Å². The zero-order chi connectivity index (χ0) is 15.2. The van der Waals surface area contributed by atoms with Crippen molar-refractivity contribution in [3.63, 3.8) is 0 Å². The highest BCUT2D eigenvalue weighted by Crippen LogP contribution is 2.25. The van der Waals surface area contributed by atoms with Gasteiger partial charge in [0.1, 0.15) is 11.5 Å². The van der Waals surface area contributed by atoms with Crippen molar-refractivity contribution in [3.05, 3.63) is 59.2 Å². The molecule has 0 radical (unpaired) electrons. The molecule has 0 aromatic heterocycles. The van der Waals surface area contributed by atoms with Gasteiger partial charge in [-0.3, -0.25) is 0 Å². The number of ether oxygens (including phenoxy) is 1. The molecular formula is C19H25NO. The van der Waals surface area contributed by atoms with Gasteiger partial charge in [0.15, 0.2) is 0 Å². The van der Waals surface area contributed by atoms with Crippen LogP contribution in [0.4, 0.5) is 0 Å². The van der Waals surface area contributed by atoms with E-state index in [1.165, 1.54) is 16.7 Å². The van der Waals surface area contributed by atoms with E-state index in [2.05, 4.69) is 63.3 Å². The van der Waals surface area contributed by atoms with E-state index in [1.54, 1.807) is 0 Å². The fraction of sp³-hybridized carbons (Fsp3) is 0.368. The molecule has 0 aliphatic heterocycles. The van der Waals surface area contributed by atoms with Crippen LogP contribution in [0.15, 0.2) is 42.5 Å². The van der Waals surface area contributed by atoms with Crippen molar-refractivity contribution in [2.45, 2.75) is 40.2 Å².